The van der Waals surface area contributed by atoms with Crippen LogP contribution in [-0.4, -0.2) is 59.9 Å². The van der Waals surface area contributed by atoms with Crippen LogP contribution < -0.4 is 5.32 Å². The van der Waals surface area contributed by atoms with Crippen LogP contribution in [0, 0.1) is 0 Å². The number of rotatable bonds is 5. The van der Waals surface area contributed by atoms with Crippen molar-refractivity contribution < 1.29 is 18.0 Å². The number of imidazole rings is 1. The quantitative estimate of drug-likeness (QED) is 0.434. The van der Waals surface area contributed by atoms with Crippen molar-refractivity contribution in [1.82, 2.24) is 34.2 Å². The second-order valence-corrected chi connectivity index (χ2v) is 9.34. The second-order valence-electron chi connectivity index (χ2n) is 9.34. The number of nitrogens with zero attached hydrogens (tertiary/aromatic N) is 7. The molecule has 3 aromatic heterocycles. The van der Waals surface area contributed by atoms with Crippen molar-refractivity contribution in [2.75, 3.05) is 18.9 Å². The van der Waals surface area contributed by atoms with Crippen molar-refractivity contribution >= 4 is 11.6 Å². The third-order valence-electron chi connectivity index (χ3n) is 6.80. The van der Waals surface area contributed by atoms with Gasteiger partial charge in [0.05, 0.1) is 23.3 Å². The lowest BCUT2D eigenvalue weighted by Gasteiger charge is -2.33. The third-order valence-corrected chi connectivity index (χ3v) is 6.80. The molecule has 12 heteroatoms. The molecule has 1 saturated carbocycles. The van der Waals surface area contributed by atoms with Crippen molar-refractivity contribution in [3.8, 4) is 17.1 Å². The van der Waals surface area contributed by atoms with E-state index in [2.05, 4.69) is 25.5 Å². The summed E-state index contributed by atoms with van der Waals surface area (Å²) in [7, 11) is 1.44. The molecule has 1 N–H and O–H groups in total. The fraction of sp³-hybridized carbons (Fsp3) is 0.320. The predicted octanol–water partition coefficient (Wildman–Crippen LogP) is 4.20. The van der Waals surface area contributed by atoms with Gasteiger partial charge in [-0.25, -0.2) is 4.98 Å². The normalized spacial score (nSPS) is 18.0. The van der Waals surface area contributed by atoms with Gasteiger partial charge in [0.15, 0.2) is 11.9 Å². The SMILES string of the molecule is CN1CCc2c(ncn2-c2ccncc2C(=O)Nc2cccc(-c3nncn3C3CC3)c2)C1C(F)(F)F. The molecule has 190 valence electrons. The lowest BCUT2D eigenvalue weighted by molar-refractivity contribution is -0.186. The number of amides is 1. The van der Waals surface area contributed by atoms with E-state index < -0.39 is 18.1 Å². The van der Waals surface area contributed by atoms with Gasteiger partial charge in [-0.05, 0) is 38.1 Å². The number of nitrogens with one attached hydrogen (secondary N) is 1. The van der Waals surface area contributed by atoms with E-state index in [4.69, 9.17) is 0 Å². The first-order valence-electron chi connectivity index (χ1n) is 11.9. The van der Waals surface area contributed by atoms with Crippen LogP contribution in [0.25, 0.3) is 17.1 Å². The number of hydrogen-bond donors (Lipinski definition) is 1. The summed E-state index contributed by atoms with van der Waals surface area (Å²) in [4.78, 5) is 22.8. The van der Waals surface area contributed by atoms with E-state index in [0.717, 1.165) is 24.2 Å². The van der Waals surface area contributed by atoms with E-state index >= 15 is 0 Å². The summed E-state index contributed by atoms with van der Waals surface area (Å²) in [5.74, 6) is 0.293. The number of carbonyl (C=O) groups is 1. The predicted molar refractivity (Wildman–Crippen MR) is 128 cm³/mol. The van der Waals surface area contributed by atoms with E-state index in [1.54, 1.807) is 23.0 Å². The topological polar surface area (TPSA) is 93.8 Å². The Morgan fingerprint density at radius 1 is 1.16 bits per heavy atom. The number of likely N-dealkylation sites (N-methyl/N-ethyl adjacent to an activating group) is 1. The first-order valence-corrected chi connectivity index (χ1v) is 11.9. The van der Waals surface area contributed by atoms with Crippen molar-refractivity contribution in [3.63, 3.8) is 0 Å². The summed E-state index contributed by atoms with van der Waals surface area (Å²) in [5, 5.41) is 11.2. The average molecular weight is 509 g/mol. The van der Waals surface area contributed by atoms with Gasteiger partial charge in [0, 0.05) is 48.3 Å². The average Bonchev–Trinajstić information content (AvgIpc) is 3.44. The minimum atomic E-state index is -4.46. The molecule has 1 unspecified atom stereocenters. The minimum absolute atomic E-state index is 0.0445. The van der Waals surface area contributed by atoms with Crippen LogP contribution in [0.15, 0.2) is 55.4 Å². The number of hydrogen-bond acceptors (Lipinski definition) is 6. The molecule has 4 heterocycles. The van der Waals surface area contributed by atoms with Gasteiger partial charge in [-0.3, -0.25) is 14.7 Å². The Hall–Kier alpha value is -4.06. The molecule has 1 atom stereocenters. The van der Waals surface area contributed by atoms with E-state index in [-0.39, 0.29) is 17.8 Å². The molecule has 0 bridgehead atoms. The highest BCUT2D eigenvalue weighted by Gasteiger charge is 2.48. The second kappa shape index (κ2) is 8.80. The van der Waals surface area contributed by atoms with E-state index in [0.29, 0.717) is 29.5 Å². The highest BCUT2D eigenvalue weighted by molar-refractivity contribution is 6.06. The maximum absolute atomic E-state index is 13.8. The molecule has 6 rings (SSSR count). The van der Waals surface area contributed by atoms with E-state index in [1.165, 1.54) is 30.7 Å². The molecular formula is C25H23F3N8O. The lowest BCUT2D eigenvalue weighted by Crippen LogP contribution is -2.41. The lowest BCUT2D eigenvalue weighted by atomic mass is 10.0. The number of fused-ring (bicyclic) bond motifs is 1. The number of alkyl halides is 3. The van der Waals surface area contributed by atoms with Crippen LogP contribution >= 0.6 is 0 Å². The van der Waals surface area contributed by atoms with Crippen molar-refractivity contribution in [3.05, 3.63) is 72.3 Å². The molecule has 4 aromatic rings. The maximum Gasteiger partial charge on any atom is 0.409 e. The molecule has 1 aromatic carbocycles. The van der Waals surface area contributed by atoms with Crippen LogP contribution in [0.1, 0.15) is 46.7 Å². The van der Waals surface area contributed by atoms with Crippen LogP contribution in [0.5, 0.6) is 0 Å². The number of pyridine rings is 1. The van der Waals surface area contributed by atoms with Crippen LogP contribution in [-0.2, 0) is 6.42 Å². The minimum Gasteiger partial charge on any atom is -0.322 e. The Balaban J connectivity index is 1.31. The highest BCUT2D eigenvalue weighted by atomic mass is 19.4. The summed E-state index contributed by atoms with van der Waals surface area (Å²) in [6.45, 7) is 0.216. The summed E-state index contributed by atoms with van der Waals surface area (Å²) in [5.41, 5.74) is 2.39. The Bertz CT molecular complexity index is 1470. The van der Waals surface area contributed by atoms with Gasteiger partial charge >= 0.3 is 6.18 Å². The van der Waals surface area contributed by atoms with Gasteiger partial charge < -0.3 is 14.5 Å². The number of benzene rings is 1. The number of anilines is 1. The van der Waals surface area contributed by atoms with Gasteiger partial charge in [-0.1, -0.05) is 12.1 Å². The zero-order valence-electron chi connectivity index (χ0n) is 19.9. The standard InChI is InChI=1S/C25H23F3N8O/c1-34-10-8-20-21(22(34)25(26,27)28)30-13-36(20)19-7-9-29-12-18(19)24(37)32-16-4-2-3-15(11-16)23-33-31-14-35(23)17-5-6-17/h2-4,7,9,11-14,17,22H,5-6,8,10H2,1H3,(H,32,37). The fourth-order valence-corrected chi connectivity index (χ4v) is 4.87. The first kappa shape index (κ1) is 23.3. The molecule has 37 heavy (non-hydrogen) atoms. The zero-order chi connectivity index (χ0) is 25.7. The van der Waals surface area contributed by atoms with E-state index in [1.807, 2.05) is 22.8 Å². The van der Waals surface area contributed by atoms with Crippen LogP contribution in [0.4, 0.5) is 18.9 Å². The number of halogens is 3. The molecule has 2 aliphatic rings. The van der Waals surface area contributed by atoms with Gasteiger partial charge in [0.1, 0.15) is 6.33 Å². The molecule has 1 fully saturated rings. The van der Waals surface area contributed by atoms with Crippen molar-refractivity contribution in [2.24, 2.45) is 0 Å². The Kier molecular flexibility index (Phi) is 5.55. The number of carbonyl (C=O) groups excluding carboxylic acids is 1. The smallest absolute Gasteiger partial charge is 0.322 e. The Labute approximate surface area is 210 Å². The molecule has 9 nitrogen and oxygen atoms in total. The Morgan fingerprint density at radius 3 is 2.78 bits per heavy atom. The molecular weight excluding hydrogens is 485 g/mol. The fourth-order valence-electron chi connectivity index (χ4n) is 4.87. The van der Waals surface area contributed by atoms with Crippen molar-refractivity contribution in [2.45, 2.75) is 37.5 Å². The summed E-state index contributed by atoms with van der Waals surface area (Å²) < 4.78 is 44.9. The number of aromatic nitrogens is 6. The molecule has 0 spiro atoms. The monoisotopic (exact) mass is 508 g/mol. The molecule has 0 radical (unpaired) electrons. The van der Waals surface area contributed by atoms with Gasteiger partial charge in [0.2, 0.25) is 0 Å². The van der Waals surface area contributed by atoms with Gasteiger partial charge in [-0.2, -0.15) is 13.2 Å². The van der Waals surface area contributed by atoms with Gasteiger partial charge in [-0.15, -0.1) is 10.2 Å². The molecule has 1 aliphatic carbocycles. The van der Waals surface area contributed by atoms with Gasteiger partial charge in [0.25, 0.3) is 5.91 Å². The van der Waals surface area contributed by atoms with E-state index in [9.17, 15) is 18.0 Å². The molecule has 0 saturated heterocycles. The largest absolute Gasteiger partial charge is 0.409 e. The van der Waals surface area contributed by atoms with Crippen molar-refractivity contribution in [1.29, 1.82) is 0 Å². The third kappa shape index (κ3) is 4.26. The zero-order valence-corrected chi connectivity index (χ0v) is 19.9. The summed E-state index contributed by atoms with van der Waals surface area (Å²) >= 11 is 0. The van der Waals surface area contributed by atoms with Crippen LogP contribution in [0.3, 0.4) is 0 Å². The first-order chi connectivity index (χ1) is 17.8. The maximum atomic E-state index is 13.8. The molecule has 1 aliphatic heterocycles. The Morgan fingerprint density at radius 2 is 2.00 bits per heavy atom. The molecule has 1 amide bonds. The summed E-state index contributed by atoms with van der Waals surface area (Å²) in [6, 6.07) is 7.52. The highest BCUT2D eigenvalue weighted by Crippen LogP contribution is 2.41. The van der Waals surface area contributed by atoms with Crippen LogP contribution in [0.2, 0.25) is 0 Å². The summed E-state index contributed by atoms with van der Waals surface area (Å²) in [6.07, 6.45) is 4.04.